The molecule has 1 atom stereocenters. The van der Waals surface area contributed by atoms with E-state index in [-0.39, 0.29) is 11.5 Å². The zero-order chi connectivity index (χ0) is 16.5. The third-order valence-electron chi connectivity index (χ3n) is 5.19. The molecule has 0 spiro atoms. The zero-order valence-electron chi connectivity index (χ0n) is 13.7. The Morgan fingerprint density at radius 3 is 3.04 bits per heavy atom. The van der Waals surface area contributed by atoms with Gasteiger partial charge in [0.1, 0.15) is 5.69 Å². The molecule has 0 saturated carbocycles. The Hall–Kier alpha value is -2.21. The Bertz CT molecular complexity index is 816. The number of hydrogen-bond donors (Lipinski definition) is 1. The van der Waals surface area contributed by atoms with Gasteiger partial charge in [0.25, 0.3) is 5.56 Å². The molecule has 1 aromatic carbocycles. The average molecular weight is 326 g/mol. The van der Waals surface area contributed by atoms with Crippen molar-refractivity contribution in [3.05, 3.63) is 40.3 Å². The molecule has 2 fully saturated rings. The highest BCUT2D eigenvalue weighted by Gasteiger charge is 2.32. The first kappa shape index (κ1) is 15.3. The highest BCUT2D eigenvalue weighted by molar-refractivity contribution is 5.77. The maximum atomic E-state index is 12.5. The van der Waals surface area contributed by atoms with Crippen LogP contribution in [0.25, 0.3) is 11.0 Å². The van der Waals surface area contributed by atoms with Gasteiger partial charge in [-0.3, -0.25) is 14.5 Å². The minimum absolute atomic E-state index is 0.135. The van der Waals surface area contributed by atoms with Crippen LogP contribution in [0, 0.1) is 0 Å². The summed E-state index contributed by atoms with van der Waals surface area (Å²) in [4.78, 5) is 36.3. The predicted molar refractivity (Wildman–Crippen MR) is 91.9 cm³/mol. The number of H-pyrrole nitrogens is 1. The van der Waals surface area contributed by atoms with E-state index in [1.807, 2.05) is 29.2 Å². The number of nitrogens with one attached hydrogen (secondary N) is 1. The van der Waals surface area contributed by atoms with Crippen molar-refractivity contribution in [3.8, 4) is 0 Å². The first-order valence-electron chi connectivity index (χ1n) is 8.70. The third kappa shape index (κ3) is 2.94. The summed E-state index contributed by atoms with van der Waals surface area (Å²) in [5.74, 6) is 0.135. The summed E-state index contributed by atoms with van der Waals surface area (Å²) in [5, 5.41) is 0. The lowest BCUT2D eigenvalue weighted by Crippen LogP contribution is -2.52. The summed E-state index contributed by atoms with van der Waals surface area (Å²) in [6, 6.07) is 8.00. The molecule has 6 nitrogen and oxygen atoms in total. The number of benzene rings is 1. The van der Waals surface area contributed by atoms with Crippen molar-refractivity contribution in [1.82, 2.24) is 19.8 Å². The van der Waals surface area contributed by atoms with E-state index in [2.05, 4.69) is 14.9 Å². The fourth-order valence-electron chi connectivity index (χ4n) is 3.84. The molecular formula is C18H22N4O2. The maximum Gasteiger partial charge on any atom is 0.270 e. The largest absolute Gasteiger partial charge is 0.340 e. The maximum absolute atomic E-state index is 12.5. The van der Waals surface area contributed by atoms with E-state index >= 15 is 0 Å². The van der Waals surface area contributed by atoms with Crippen molar-refractivity contribution >= 4 is 16.9 Å². The van der Waals surface area contributed by atoms with Gasteiger partial charge in [-0.05, 0) is 31.5 Å². The van der Waals surface area contributed by atoms with Crippen LogP contribution in [0.4, 0.5) is 0 Å². The van der Waals surface area contributed by atoms with Gasteiger partial charge in [-0.15, -0.1) is 0 Å². The number of aromatic nitrogens is 2. The van der Waals surface area contributed by atoms with Gasteiger partial charge in [0, 0.05) is 38.5 Å². The second kappa shape index (κ2) is 6.36. The van der Waals surface area contributed by atoms with Crippen LogP contribution in [0.1, 0.15) is 25.0 Å². The average Bonchev–Trinajstić information content (AvgIpc) is 3.07. The van der Waals surface area contributed by atoms with Gasteiger partial charge in [-0.25, -0.2) is 4.98 Å². The molecule has 2 aromatic rings. The summed E-state index contributed by atoms with van der Waals surface area (Å²) in [6.45, 7) is 3.78. The van der Waals surface area contributed by atoms with Crippen molar-refractivity contribution < 1.29 is 4.79 Å². The van der Waals surface area contributed by atoms with Crippen LogP contribution in [0.2, 0.25) is 0 Å². The molecule has 2 aliphatic rings. The van der Waals surface area contributed by atoms with Crippen LogP contribution < -0.4 is 5.56 Å². The summed E-state index contributed by atoms with van der Waals surface area (Å²) in [7, 11) is 0. The van der Waals surface area contributed by atoms with Gasteiger partial charge in [-0.1, -0.05) is 12.1 Å². The Morgan fingerprint density at radius 2 is 2.12 bits per heavy atom. The predicted octanol–water partition coefficient (Wildman–Crippen LogP) is 1.16. The molecule has 3 heterocycles. The normalized spacial score (nSPS) is 21.2. The first-order valence-corrected chi connectivity index (χ1v) is 8.70. The Balaban J connectivity index is 1.42. The number of carbonyl (C=O) groups is 1. The monoisotopic (exact) mass is 326 g/mol. The number of aryl methyl sites for hydroxylation is 1. The van der Waals surface area contributed by atoms with Crippen LogP contribution in [0.3, 0.4) is 0 Å². The molecule has 126 valence electrons. The van der Waals surface area contributed by atoms with Gasteiger partial charge in [0.15, 0.2) is 0 Å². The van der Waals surface area contributed by atoms with Crippen LogP contribution in [-0.4, -0.2) is 57.9 Å². The molecule has 24 heavy (non-hydrogen) atoms. The van der Waals surface area contributed by atoms with Crippen LogP contribution in [-0.2, 0) is 11.2 Å². The quantitative estimate of drug-likeness (QED) is 0.919. The van der Waals surface area contributed by atoms with Crippen LogP contribution >= 0.6 is 0 Å². The lowest BCUT2D eigenvalue weighted by molar-refractivity contribution is -0.133. The van der Waals surface area contributed by atoms with E-state index in [0.717, 1.165) is 30.7 Å². The number of para-hydroxylation sites is 2. The van der Waals surface area contributed by atoms with Gasteiger partial charge < -0.3 is 9.88 Å². The van der Waals surface area contributed by atoms with E-state index < -0.39 is 0 Å². The molecule has 4 rings (SSSR count). The second-order valence-corrected chi connectivity index (χ2v) is 6.70. The Morgan fingerprint density at radius 1 is 1.25 bits per heavy atom. The van der Waals surface area contributed by atoms with E-state index in [1.165, 1.54) is 19.4 Å². The molecule has 2 saturated heterocycles. The zero-order valence-corrected chi connectivity index (χ0v) is 13.7. The van der Waals surface area contributed by atoms with Gasteiger partial charge in [0.05, 0.1) is 11.0 Å². The molecule has 1 amide bonds. The number of aromatic amines is 1. The number of amides is 1. The van der Waals surface area contributed by atoms with Crippen molar-refractivity contribution in [2.45, 2.75) is 31.7 Å². The third-order valence-corrected chi connectivity index (χ3v) is 5.19. The van der Waals surface area contributed by atoms with Crippen molar-refractivity contribution in [2.24, 2.45) is 0 Å². The number of fused-ring (bicyclic) bond motifs is 2. The molecule has 0 bridgehead atoms. The van der Waals surface area contributed by atoms with E-state index in [0.29, 0.717) is 24.6 Å². The highest BCUT2D eigenvalue weighted by Crippen LogP contribution is 2.21. The second-order valence-electron chi connectivity index (χ2n) is 6.70. The van der Waals surface area contributed by atoms with E-state index in [9.17, 15) is 9.59 Å². The molecule has 1 N–H and O–H groups in total. The number of hydrogen-bond acceptors (Lipinski definition) is 4. The summed E-state index contributed by atoms with van der Waals surface area (Å²) in [5.41, 5.74) is 1.75. The summed E-state index contributed by atoms with van der Waals surface area (Å²) in [6.07, 6.45) is 3.17. The molecule has 0 radical (unpaired) electrons. The SMILES string of the molecule is O=C(CCc1nc2ccccc2[nH]c1=O)N1CCN2CCC[C@H]2C1. The molecular weight excluding hydrogens is 304 g/mol. The number of piperazine rings is 1. The standard InChI is InChI=1S/C18H22N4O2/c23-17(22-11-10-21-9-3-4-13(21)12-22)8-7-16-18(24)20-15-6-2-1-5-14(15)19-16/h1-2,5-6,13H,3-4,7-12H2,(H,20,24)/t13-/m0/s1. The highest BCUT2D eigenvalue weighted by atomic mass is 16.2. The van der Waals surface area contributed by atoms with Crippen molar-refractivity contribution in [1.29, 1.82) is 0 Å². The van der Waals surface area contributed by atoms with Crippen LogP contribution in [0.15, 0.2) is 29.1 Å². The smallest absolute Gasteiger partial charge is 0.270 e. The fraction of sp³-hybridized carbons (Fsp3) is 0.500. The summed E-state index contributed by atoms with van der Waals surface area (Å²) >= 11 is 0. The minimum Gasteiger partial charge on any atom is -0.340 e. The van der Waals surface area contributed by atoms with Gasteiger partial charge in [0.2, 0.25) is 5.91 Å². The Labute approximate surface area is 140 Å². The molecule has 2 aliphatic heterocycles. The van der Waals surface area contributed by atoms with Crippen LogP contribution in [0.5, 0.6) is 0 Å². The lowest BCUT2D eigenvalue weighted by Gasteiger charge is -2.37. The van der Waals surface area contributed by atoms with E-state index in [4.69, 9.17) is 0 Å². The minimum atomic E-state index is -0.192. The van der Waals surface area contributed by atoms with Gasteiger partial charge >= 0.3 is 0 Å². The topological polar surface area (TPSA) is 69.3 Å². The number of nitrogens with zero attached hydrogens (tertiary/aromatic N) is 3. The fourth-order valence-corrected chi connectivity index (χ4v) is 3.84. The molecule has 0 unspecified atom stereocenters. The molecule has 0 aliphatic carbocycles. The molecule has 1 aromatic heterocycles. The van der Waals surface area contributed by atoms with E-state index in [1.54, 1.807) is 0 Å². The number of rotatable bonds is 3. The number of carbonyl (C=O) groups excluding carboxylic acids is 1. The lowest BCUT2D eigenvalue weighted by atomic mass is 10.1. The Kier molecular flexibility index (Phi) is 4.06. The van der Waals surface area contributed by atoms with Crippen molar-refractivity contribution in [3.63, 3.8) is 0 Å². The first-order chi connectivity index (χ1) is 11.7. The molecule has 6 heteroatoms. The summed E-state index contributed by atoms with van der Waals surface area (Å²) < 4.78 is 0. The van der Waals surface area contributed by atoms with Crippen molar-refractivity contribution in [2.75, 3.05) is 26.2 Å². The van der Waals surface area contributed by atoms with Gasteiger partial charge in [-0.2, -0.15) is 0 Å².